The molecule has 0 amide bonds. The number of aromatic nitrogens is 4. The van der Waals surface area contributed by atoms with Crippen LogP contribution in [0.2, 0.25) is 0 Å². The molecule has 2 aromatic heterocycles. The van der Waals surface area contributed by atoms with E-state index >= 15 is 0 Å². The maximum atomic E-state index is 12.0. The third kappa shape index (κ3) is 3.34. The lowest BCUT2D eigenvalue weighted by Crippen LogP contribution is -2.32. The standard InChI is InChI=1S/C14H20N4O2S/c1-8-7-9(2)18-12(15-8)16-13(17-18)21-10(11(19)20-6)14(3,4)5/h7,10H,1-6H3. The summed E-state index contributed by atoms with van der Waals surface area (Å²) in [6, 6.07) is 1.94. The molecule has 0 aliphatic rings. The Bertz CT molecular complexity index is 675. The maximum Gasteiger partial charge on any atom is 0.319 e. The predicted molar refractivity (Wildman–Crippen MR) is 81.4 cm³/mol. The van der Waals surface area contributed by atoms with Crippen molar-refractivity contribution in [2.75, 3.05) is 7.11 Å². The van der Waals surface area contributed by atoms with Gasteiger partial charge in [-0.3, -0.25) is 4.79 Å². The number of thioether (sulfide) groups is 1. The van der Waals surface area contributed by atoms with Gasteiger partial charge in [-0.1, -0.05) is 32.5 Å². The minimum atomic E-state index is -0.374. The van der Waals surface area contributed by atoms with Crippen LogP contribution < -0.4 is 0 Å². The average molecular weight is 308 g/mol. The molecule has 0 N–H and O–H groups in total. The van der Waals surface area contributed by atoms with Crippen LogP contribution in [0.5, 0.6) is 0 Å². The summed E-state index contributed by atoms with van der Waals surface area (Å²) in [7, 11) is 1.40. The van der Waals surface area contributed by atoms with E-state index in [0.717, 1.165) is 11.4 Å². The minimum Gasteiger partial charge on any atom is -0.468 e. The van der Waals surface area contributed by atoms with E-state index in [4.69, 9.17) is 4.74 Å². The number of hydrogen-bond acceptors (Lipinski definition) is 6. The zero-order valence-electron chi connectivity index (χ0n) is 13.2. The van der Waals surface area contributed by atoms with Gasteiger partial charge in [0.1, 0.15) is 5.25 Å². The van der Waals surface area contributed by atoms with Crippen LogP contribution in [0.4, 0.5) is 0 Å². The lowest BCUT2D eigenvalue weighted by atomic mass is 9.92. The molecule has 1 unspecified atom stereocenters. The highest BCUT2D eigenvalue weighted by atomic mass is 32.2. The topological polar surface area (TPSA) is 69.4 Å². The number of fused-ring (bicyclic) bond motifs is 1. The Morgan fingerprint density at radius 1 is 1.33 bits per heavy atom. The maximum absolute atomic E-state index is 12.0. The molecule has 0 radical (unpaired) electrons. The third-order valence-electron chi connectivity index (χ3n) is 3.02. The van der Waals surface area contributed by atoms with Crippen molar-refractivity contribution in [1.29, 1.82) is 0 Å². The van der Waals surface area contributed by atoms with Crippen molar-refractivity contribution < 1.29 is 9.53 Å². The molecular weight excluding hydrogens is 288 g/mol. The van der Waals surface area contributed by atoms with E-state index in [1.165, 1.54) is 18.9 Å². The second-order valence-electron chi connectivity index (χ2n) is 6.03. The number of aryl methyl sites for hydroxylation is 2. The Kier molecular flexibility index (Phi) is 4.22. The number of esters is 1. The summed E-state index contributed by atoms with van der Waals surface area (Å²) < 4.78 is 6.58. The summed E-state index contributed by atoms with van der Waals surface area (Å²) in [6.07, 6.45) is 0. The number of rotatable bonds is 3. The largest absolute Gasteiger partial charge is 0.468 e. The zero-order valence-corrected chi connectivity index (χ0v) is 14.0. The normalized spacial score (nSPS) is 13.4. The van der Waals surface area contributed by atoms with Gasteiger partial charge in [0.05, 0.1) is 7.11 Å². The van der Waals surface area contributed by atoms with Gasteiger partial charge in [0, 0.05) is 11.4 Å². The first-order chi connectivity index (χ1) is 9.72. The number of methoxy groups -OCH3 is 1. The molecule has 0 spiro atoms. The molecule has 0 aliphatic carbocycles. The summed E-state index contributed by atoms with van der Waals surface area (Å²) in [5.41, 5.74) is 1.60. The SMILES string of the molecule is COC(=O)C(Sc1nc2nc(C)cc(C)n2n1)C(C)(C)C. The molecule has 0 fully saturated rings. The monoisotopic (exact) mass is 308 g/mol. The summed E-state index contributed by atoms with van der Waals surface area (Å²) in [6.45, 7) is 9.84. The molecule has 2 heterocycles. The van der Waals surface area contributed by atoms with E-state index in [1.54, 1.807) is 4.52 Å². The van der Waals surface area contributed by atoms with Crippen LogP contribution in [0.25, 0.3) is 5.78 Å². The molecule has 2 aromatic rings. The van der Waals surface area contributed by atoms with Crippen molar-refractivity contribution in [1.82, 2.24) is 19.6 Å². The van der Waals surface area contributed by atoms with E-state index in [0.29, 0.717) is 10.9 Å². The summed E-state index contributed by atoms with van der Waals surface area (Å²) in [4.78, 5) is 20.7. The molecule has 0 saturated carbocycles. The van der Waals surface area contributed by atoms with Crippen molar-refractivity contribution in [3.8, 4) is 0 Å². The van der Waals surface area contributed by atoms with Gasteiger partial charge in [-0.15, -0.1) is 5.10 Å². The number of hydrogen-bond donors (Lipinski definition) is 0. The third-order valence-corrected chi connectivity index (χ3v) is 4.54. The van der Waals surface area contributed by atoms with Gasteiger partial charge in [0.25, 0.3) is 5.78 Å². The van der Waals surface area contributed by atoms with E-state index in [9.17, 15) is 4.79 Å². The van der Waals surface area contributed by atoms with Gasteiger partial charge in [-0.25, -0.2) is 9.50 Å². The van der Waals surface area contributed by atoms with Crippen LogP contribution in [0, 0.1) is 19.3 Å². The predicted octanol–water partition coefficient (Wildman–Crippen LogP) is 2.42. The first-order valence-electron chi connectivity index (χ1n) is 6.68. The Hall–Kier alpha value is -1.63. The Balaban J connectivity index is 2.38. The number of nitrogens with zero attached hydrogens (tertiary/aromatic N) is 4. The lowest BCUT2D eigenvalue weighted by molar-refractivity contribution is -0.141. The van der Waals surface area contributed by atoms with Crippen LogP contribution in [0.15, 0.2) is 11.2 Å². The molecule has 0 aliphatic heterocycles. The molecule has 2 rings (SSSR count). The van der Waals surface area contributed by atoms with E-state index in [2.05, 4.69) is 15.1 Å². The smallest absolute Gasteiger partial charge is 0.319 e. The average Bonchev–Trinajstić information content (AvgIpc) is 2.76. The van der Waals surface area contributed by atoms with Gasteiger partial charge in [-0.05, 0) is 25.3 Å². The fourth-order valence-electron chi connectivity index (χ4n) is 1.99. The van der Waals surface area contributed by atoms with Crippen LogP contribution in [0.1, 0.15) is 32.2 Å². The molecule has 114 valence electrons. The minimum absolute atomic E-state index is 0.256. The molecule has 21 heavy (non-hydrogen) atoms. The van der Waals surface area contributed by atoms with Crippen molar-refractivity contribution in [2.45, 2.75) is 45.0 Å². The fourth-order valence-corrected chi connectivity index (χ4v) is 3.01. The van der Waals surface area contributed by atoms with Gasteiger partial charge in [-0.2, -0.15) is 4.98 Å². The van der Waals surface area contributed by atoms with Crippen LogP contribution >= 0.6 is 11.8 Å². The second kappa shape index (κ2) is 5.63. The Morgan fingerprint density at radius 3 is 2.57 bits per heavy atom. The van der Waals surface area contributed by atoms with E-state index in [1.807, 2.05) is 40.7 Å². The van der Waals surface area contributed by atoms with Crippen LogP contribution in [-0.4, -0.2) is 37.9 Å². The highest BCUT2D eigenvalue weighted by Crippen LogP contribution is 2.34. The molecule has 7 heteroatoms. The highest BCUT2D eigenvalue weighted by molar-refractivity contribution is 8.00. The summed E-state index contributed by atoms with van der Waals surface area (Å²) in [5.74, 6) is 0.278. The Labute approximate surface area is 128 Å². The number of carbonyl (C=O) groups excluding carboxylic acids is 1. The van der Waals surface area contributed by atoms with Crippen molar-refractivity contribution in [3.63, 3.8) is 0 Å². The van der Waals surface area contributed by atoms with Gasteiger partial charge >= 0.3 is 5.97 Å². The summed E-state index contributed by atoms with van der Waals surface area (Å²) >= 11 is 1.31. The van der Waals surface area contributed by atoms with Crippen molar-refractivity contribution >= 4 is 23.5 Å². The molecule has 6 nitrogen and oxygen atoms in total. The van der Waals surface area contributed by atoms with Gasteiger partial charge in [0.15, 0.2) is 0 Å². The number of ether oxygens (including phenoxy) is 1. The quantitative estimate of drug-likeness (QED) is 0.640. The van der Waals surface area contributed by atoms with Crippen LogP contribution in [0.3, 0.4) is 0 Å². The molecular formula is C14H20N4O2S. The van der Waals surface area contributed by atoms with Gasteiger partial charge in [0.2, 0.25) is 5.16 Å². The lowest BCUT2D eigenvalue weighted by Gasteiger charge is -2.26. The van der Waals surface area contributed by atoms with Crippen LogP contribution in [-0.2, 0) is 9.53 Å². The van der Waals surface area contributed by atoms with Gasteiger partial charge < -0.3 is 4.74 Å². The van der Waals surface area contributed by atoms with E-state index < -0.39 is 0 Å². The number of carbonyl (C=O) groups is 1. The molecule has 1 atom stereocenters. The second-order valence-corrected chi connectivity index (χ2v) is 7.10. The summed E-state index contributed by atoms with van der Waals surface area (Å²) in [5, 5.41) is 4.58. The molecule has 0 aromatic carbocycles. The Morgan fingerprint density at radius 2 is 2.00 bits per heavy atom. The van der Waals surface area contributed by atoms with Crippen molar-refractivity contribution in [2.24, 2.45) is 5.41 Å². The first-order valence-corrected chi connectivity index (χ1v) is 7.56. The zero-order chi connectivity index (χ0) is 15.8. The molecule has 0 bridgehead atoms. The molecule has 0 saturated heterocycles. The van der Waals surface area contributed by atoms with E-state index in [-0.39, 0.29) is 16.6 Å². The first kappa shape index (κ1) is 15.8. The highest BCUT2D eigenvalue weighted by Gasteiger charge is 2.34. The fraction of sp³-hybridized carbons (Fsp3) is 0.571. The van der Waals surface area contributed by atoms with Crippen molar-refractivity contribution in [3.05, 3.63) is 17.5 Å².